The number of carboxylic acid groups (broad SMARTS) is 1. The molecule has 0 saturated heterocycles. The van der Waals surface area contributed by atoms with Gasteiger partial charge >= 0.3 is 11.9 Å². The van der Waals surface area contributed by atoms with Gasteiger partial charge in [0.15, 0.2) is 6.10 Å². The first-order valence-electron chi connectivity index (χ1n) is 22.9. The zero-order chi connectivity index (χ0) is 40.7. The average Bonchev–Trinajstić information content (AvgIpc) is 3.14. The van der Waals surface area contributed by atoms with Gasteiger partial charge in [-0.25, -0.2) is 0 Å². The van der Waals surface area contributed by atoms with Gasteiger partial charge in [-0.3, -0.25) is 9.59 Å². The molecule has 0 fully saturated rings. The van der Waals surface area contributed by atoms with Crippen LogP contribution in [0.25, 0.3) is 0 Å². The number of carboxylic acids is 1. The highest BCUT2D eigenvalue weighted by Crippen LogP contribution is 2.16. The summed E-state index contributed by atoms with van der Waals surface area (Å²) in [6.45, 7) is 4.60. The van der Waals surface area contributed by atoms with Gasteiger partial charge in [0.05, 0.1) is 40.3 Å². The Balaban J connectivity index is 4.22. The van der Waals surface area contributed by atoms with Gasteiger partial charge in [-0.05, 0) is 32.1 Å². The highest BCUT2D eigenvalue weighted by atomic mass is 16.6. The molecule has 0 saturated carbocycles. The van der Waals surface area contributed by atoms with E-state index in [0.29, 0.717) is 12.8 Å². The van der Waals surface area contributed by atoms with Crippen LogP contribution in [0.2, 0.25) is 0 Å². The van der Waals surface area contributed by atoms with Crippen LogP contribution in [0.15, 0.2) is 24.3 Å². The molecule has 0 aliphatic rings. The maximum absolute atomic E-state index is 12.7. The maximum atomic E-state index is 12.7. The summed E-state index contributed by atoms with van der Waals surface area (Å²) < 4.78 is 17.1. The van der Waals surface area contributed by atoms with Gasteiger partial charge in [0.1, 0.15) is 12.6 Å². The Kier molecular flexibility index (Phi) is 37.1. The van der Waals surface area contributed by atoms with Crippen LogP contribution in [-0.2, 0) is 28.6 Å². The molecule has 0 aliphatic carbocycles. The lowest BCUT2D eigenvalue weighted by molar-refractivity contribution is -0.889. The SMILES string of the molecule is CCCC/C=C/C=C/CCCCCC(=O)OC(COCCC(C(=O)[O-])[N+](C)(C)C)COC(=O)CCCCCCCCCCCCCCCCCCCCCC. The van der Waals surface area contributed by atoms with Crippen LogP contribution in [0.1, 0.15) is 206 Å². The lowest BCUT2D eigenvalue weighted by Crippen LogP contribution is -2.55. The van der Waals surface area contributed by atoms with Crippen molar-refractivity contribution in [1.29, 1.82) is 0 Å². The van der Waals surface area contributed by atoms with E-state index in [1.54, 1.807) is 21.1 Å². The Bertz CT molecular complexity index is 957. The first-order chi connectivity index (χ1) is 26.6. The average molecular weight is 778 g/mol. The molecule has 0 aliphatic heterocycles. The molecule has 0 N–H and O–H groups in total. The summed E-state index contributed by atoms with van der Waals surface area (Å²) in [7, 11) is 5.40. The number of carbonyl (C=O) groups is 3. The van der Waals surface area contributed by atoms with Crippen LogP contribution in [0.5, 0.6) is 0 Å². The summed E-state index contributed by atoms with van der Waals surface area (Å²) in [6, 6.07) is -0.727. The third-order valence-corrected chi connectivity index (χ3v) is 10.4. The first-order valence-corrected chi connectivity index (χ1v) is 22.9. The Morgan fingerprint density at radius 1 is 0.545 bits per heavy atom. The number of aliphatic carboxylic acids is 1. The fourth-order valence-electron chi connectivity index (χ4n) is 6.75. The monoisotopic (exact) mass is 778 g/mol. The van der Waals surface area contributed by atoms with Crippen molar-refractivity contribution in [2.24, 2.45) is 0 Å². The number of hydrogen-bond donors (Lipinski definition) is 0. The van der Waals surface area contributed by atoms with E-state index < -0.39 is 18.1 Å². The van der Waals surface area contributed by atoms with Crippen molar-refractivity contribution in [2.45, 2.75) is 219 Å². The van der Waals surface area contributed by atoms with E-state index in [1.165, 1.54) is 122 Å². The number of quaternary nitrogens is 1. The van der Waals surface area contributed by atoms with Crippen LogP contribution in [0.3, 0.4) is 0 Å². The Hall–Kier alpha value is -2.19. The Labute approximate surface area is 339 Å². The minimum absolute atomic E-state index is 0.0335. The van der Waals surface area contributed by atoms with Gasteiger partial charge < -0.3 is 28.6 Å². The van der Waals surface area contributed by atoms with Crippen molar-refractivity contribution in [1.82, 2.24) is 0 Å². The fraction of sp³-hybridized carbons (Fsp3) is 0.851. The van der Waals surface area contributed by atoms with E-state index in [2.05, 4.69) is 38.2 Å². The third-order valence-electron chi connectivity index (χ3n) is 10.4. The third kappa shape index (κ3) is 37.2. The standard InChI is InChI=1S/C47H87NO7/c1-6-8-10-12-14-16-18-19-20-21-22-23-24-25-26-28-29-31-33-35-37-45(49)54-42-43(41-53-40-39-44(47(51)52)48(3,4)5)55-46(50)38-36-34-32-30-27-17-15-13-11-9-7-2/h13,15,17,27,43-44H,6-12,14,16,18-26,28-42H2,1-5H3/b15-13+,27-17+. The second-order valence-electron chi connectivity index (χ2n) is 16.7. The summed E-state index contributed by atoms with van der Waals surface area (Å²) in [5, 5.41) is 11.6. The quantitative estimate of drug-likeness (QED) is 0.0264. The van der Waals surface area contributed by atoms with Crippen molar-refractivity contribution in [3.05, 3.63) is 24.3 Å². The Morgan fingerprint density at radius 3 is 1.42 bits per heavy atom. The van der Waals surface area contributed by atoms with Crippen LogP contribution >= 0.6 is 0 Å². The van der Waals surface area contributed by atoms with Gasteiger partial charge in [-0.2, -0.15) is 0 Å². The summed E-state index contributed by atoms with van der Waals surface area (Å²) in [6.07, 6.45) is 42.1. The number of carbonyl (C=O) groups excluding carboxylic acids is 3. The van der Waals surface area contributed by atoms with Crippen LogP contribution < -0.4 is 5.11 Å². The van der Waals surface area contributed by atoms with Crippen molar-refractivity contribution < 1.29 is 38.2 Å². The van der Waals surface area contributed by atoms with E-state index in [0.717, 1.165) is 51.4 Å². The van der Waals surface area contributed by atoms with E-state index in [9.17, 15) is 19.5 Å². The number of hydrogen-bond acceptors (Lipinski definition) is 7. The van der Waals surface area contributed by atoms with Gasteiger partial charge in [-0.15, -0.1) is 0 Å². The number of rotatable bonds is 41. The Morgan fingerprint density at radius 2 is 0.964 bits per heavy atom. The maximum Gasteiger partial charge on any atom is 0.306 e. The first kappa shape index (κ1) is 52.8. The number of allylic oxidation sites excluding steroid dienone is 4. The molecule has 0 rings (SSSR count). The summed E-state index contributed by atoms with van der Waals surface area (Å²) in [5.41, 5.74) is 0. The van der Waals surface area contributed by atoms with Crippen molar-refractivity contribution in [3.63, 3.8) is 0 Å². The van der Waals surface area contributed by atoms with Gasteiger partial charge in [0.25, 0.3) is 0 Å². The van der Waals surface area contributed by atoms with Gasteiger partial charge in [0.2, 0.25) is 0 Å². The fourth-order valence-corrected chi connectivity index (χ4v) is 6.75. The molecule has 2 atom stereocenters. The van der Waals surface area contributed by atoms with Crippen molar-refractivity contribution in [3.8, 4) is 0 Å². The molecule has 0 radical (unpaired) electrons. The molecule has 55 heavy (non-hydrogen) atoms. The highest BCUT2D eigenvalue weighted by Gasteiger charge is 2.25. The molecule has 0 heterocycles. The number of esters is 2. The molecule has 322 valence electrons. The van der Waals surface area contributed by atoms with E-state index in [1.807, 2.05) is 0 Å². The summed E-state index contributed by atoms with van der Waals surface area (Å²) in [5.74, 6) is -1.76. The van der Waals surface area contributed by atoms with Gasteiger partial charge in [0, 0.05) is 19.3 Å². The minimum atomic E-state index is -1.13. The molecule has 0 spiro atoms. The molecule has 0 aromatic rings. The highest BCUT2D eigenvalue weighted by molar-refractivity contribution is 5.70. The molecule has 0 amide bonds. The lowest BCUT2D eigenvalue weighted by Gasteiger charge is -2.34. The van der Waals surface area contributed by atoms with Crippen LogP contribution in [0, 0.1) is 0 Å². The zero-order valence-corrected chi connectivity index (χ0v) is 36.6. The van der Waals surface area contributed by atoms with E-state index in [-0.39, 0.29) is 42.7 Å². The smallest absolute Gasteiger partial charge is 0.306 e. The normalized spacial score (nSPS) is 13.1. The second-order valence-corrected chi connectivity index (χ2v) is 16.7. The molecular weight excluding hydrogens is 691 g/mol. The van der Waals surface area contributed by atoms with Crippen molar-refractivity contribution >= 4 is 17.9 Å². The van der Waals surface area contributed by atoms with Crippen LogP contribution in [-0.4, -0.2) is 75.5 Å². The van der Waals surface area contributed by atoms with E-state index in [4.69, 9.17) is 14.2 Å². The second kappa shape index (κ2) is 38.7. The molecule has 0 aromatic carbocycles. The van der Waals surface area contributed by atoms with Gasteiger partial charge in [-0.1, -0.05) is 179 Å². The predicted molar refractivity (Wildman–Crippen MR) is 227 cm³/mol. The van der Waals surface area contributed by atoms with Crippen molar-refractivity contribution in [2.75, 3.05) is 41.0 Å². The summed E-state index contributed by atoms with van der Waals surface area (Å²) in [4.78, 5) is 36.8. The summed E-state index contributed by atoms with van der Waals surface area (Å²) >= 11 is 0. The number of nitrogens with zero attached hydrogens (tertiary/aromatic N) is 1. The largest absolute Gasteiger partial charge is 0.544 e. The molecular formula is C47H87NO7. The molecule has 8 nitrogen and oxygen atoms in total. The number of ether oxygens (including phenoxy) is 3. The molecule has 0 bridgehead atoms. The molecule has 0 aromatic heterocycles. The minimum Gasteiger partial charge on any atom is -0.544 e. The van der Waals surface area contributed by atoms with E-state index >= 15 is 0 Å². The molecule has 8 heteroatoms. The number of likely N-dealkylation sites (N-methyl/N-ethyl adjacent to an activating group) is 1. The topological polar surface area (TPSA) is 102 Å². The molecule has 2 unspecified atom stereocenters. The predicted octanol–water partition coefficient (Wildman–Crippen LogP) is 11.1. The number of unbranched alkanes of at least 4 members (excludes halogenated alkanes) is 24. The lowest BCUT2D eigenvalue weighted by atomic mass is 10.0. The zero-order valence-electron chi connectivity index (χ0n) is 36.6. The van der Waals surface area contributed by atoms with Crippen LogP contribution in [0.4, 0.5) is 0 Å².